The summed E-state index contributed by atoms with van der Waals surface area (Å²) in [5.74, 6) is -1.29. The van der Waals surface area contributed by atoms with Crippen LogP contribution in [-0.2, 0) is 9.84 Å². The summed E-state index contributed by atoms with van der Waals surface area (Å²) in [6.07, 6.45) is 0. The maximum Gasteiger partial charge on any atom is 0.335 e. The Morgan fingerprint density at radius 1 is 1.39 bits per heavy atom. The van der Waals surface area contributed by atoms with Crippen LogP contribution in [0.1, 0.15) is 10.4 Å². The van der Waals surface area contributed by atoms with Crippen molar-refractivity contribution in [3.05, 3.63) is 28.8 Å². The molecule has 5 nitrogen and oxygen atoms in total. The molecule has 0 aliphatic carbocycles. The maximum atomic E-state index is 12.0. The van der Waals surface area contributed by atoms with Gasteiger partial charge in [-0.05, 0) is 32.3 Å². The van der Waals surface area contributed by atoms with Crippen molar-refractivity contribution in [3.8, 4) is 0 Å². The van der Waals surface area contributed by atoms with E-state index in [1.165, 1.54) is 12.1 Å². The first-order chi connectivity index (χ1) is 8.24. The molecule has 0 amide bonds. The average molecular weight is 292 g/mol. The minimum Gasteiger partial charge on any atom is -0.478 e. The van der Waals surface area contributed by atoms with Crippen LogP contribution in [0.3, 0.4) is 0 Å². The third-order valence-corrected chi connectivity index (χ3v) is 4.49. The highest BCUT2D eigenvalue weighted by Crippen LogP contribution is 2.23. The molecule has 1 aromatic carbocycles. The topological polar surface area (TPSA) is 74.7 Å². The van der Waals surface area contributed by atoms with Gasteiger partial charge in [-0.3, -0.25) is 0 Å². The van der Waals surface area contributed by atoms with Crippen LogP contribution in [0.5, 0.6) is 0 Å². The number of rotatable bonds is 5. The number of hydrogen-bond donors (Lipinski definition) is 1. The van der Waals surface area contributed by atoms with Gasteiger partial charge in [0.1, 0.15) is 0 Å². The molecule has 0 radical (unpaired) electrons. The van der Waals surface area contributed by atoms with E-state index in [0.29, 0.717) is 6.54 Å². The van der Waals surface area contributed by atoms with Gasteiger partial charge in [-0.2, -0.15) is 0 Å². The van der Waals surface area contributed by atoms with Crippen LogP contribution in [0.4, 0.5) is 0 Å². The van der Waals surface area contributed by atoms with Gasteiger partial charge in [0, 0.05) is 6.54 Å². The smallest absolute Gasteiger partial charge is 0.335 e. The van der Waals surface area contributed by atoms with Crippen molar-refractivity contribution in [2.45, 2.75) is 4.90 Å². The molecule has 0 unspecified atom stereocenters. The van der Waals surface area contributed by atoms with Crippen molar-refractivity contribution in [2.75, 3.05) is 26.4 Å². The first-order valence-corrected chi connectivity index (χ1v) is 7.17. The van der Waals surface area contributed by atoms with E-state index < -0.39 is 15.8 Å². The molecule has 18 heavy (non-hydrogen) atoms. The van der Waals surface area contributed by atoms with Crippen molar-refractivity contribution in [3.63, 3.8) is 0 Å². The van der Waals surface area contributed by atoms with Crippen molar-refractivity contribution in [1.29, 1.82) is 0 Å². The third-order valence-electron chi connectivity index (χ3n) is 2.32. The lowest BCUT2D eigenvalue weighted by atomic mass is 10.2. The number of halogens is 1. The Kier molecular flexibility index (Phi) is 4.72. The van der Waals surface area contributed by atoms with Gasteiger partial charge in [0.2, 0.25) is 0 Å². The van der Waals surface area contributed by atoms with Crippen molar-refractivity contribution >= 4 is 27.4 Å². The molecule has 0 saturated carbocycles. The summed E-state index contributed by atoms with van der Waals surface area (Å²) in [6, 6.07) is 3.65. The molecule has 0 aliphatic heterocycles. The molecule has 1 N–H and O–H groups in total. The number of carboxylic acid groups (broad SMARTS) is 1. The van der Waals surface area contributed by atoms with E-state index in [2.05, 4.69) is 0 Å². The zero-order valence-electron chi connectivity index (χ0n) is 10.1. The van der Waals surface area contributed by atoms with E-state index in [0.717, 1.165) is 6.07 Å². The number of carboxylic acids is 1. The number of hydrogen-bond acceptors (Lipinski definition) is 4. The Bertz CT molecular complexity index is 554. The summed E-state index contributed by atoms with van der Waals surface area (Å²) in [7, 11) is -0.0695. The van der Waals surface area contributed by atoms with Crippen molar-refractivity contribution in [1.82, 2.24) is 4.90 Å². The first-order valence-electron chi connectivity index (χ1n) is 5.14. The van der Waals surface area contributed by atoms with Gasteiger partial charge >= 0.3 is 5.97 Å². The molecule has 100 valence electrons. The van der Waals surface area contributed by atoms with E-state index in [-0.39, 0.29) is 21.2 Å². The highest BCUT2D eigenvalue weighted by atomic mass is 35.5. The predicted molar refractivity (Wildman–Crippen MR) is 69.0 cm³/mol. The van der Waals surface area contributed by atoms with Gasteiger partial charge in [0.15, 0.2) is 9.84 Å². The molecule has 1 rings (SSSR count). The predicted octanol–water partition coefficient (Wildman–Crippen LogP) is 1.37. The van der Waals surface area contributed by atoms with Crippen LogP contribution in [0.15, 0.2) is 23.1 Å². The highest BCUT2D eigenvalue weighted by Gasteiger charge is 2.20. The largest absolute Gasteiger partial charge is 0.478 e. The summed E-state index contributed by atoms with van der Waals surface area (Å²) in [5.41, 5.74) is -0.0946. The average Bonchev–Trinajstić information content (AvgIpc) is 2.26. The SMILES string of the molecule is CN(C)CCS(=O)(=O)c1cc(C(=O)O)ccc1Cl. The molecule has 0 aliphatic rings. The quantitative estimate of drug-likeness (QED) is 0.887. The van der Waals surface area contributed by atoms with Crippen LogP contribution >= 0.6 is 11.6 Å². The first kappa shape index (κ1) is 14.9. The zero-order chi connectivity index (χ0) is 13.9. The monoisotopic (exact) mass is 291 g/mol. The van der Waals surface area contributed by atoms with E-state index >= 15 is 0 Å². The van der Waals surface area contributed by atoms with Crippen LogP contribution < -0.4 is 0 Å². The van der Waals surface area contributed by atoms with Gasteiger partial charge in [0.05, 0.1) is 21.2 Å². The maximum absolute atomic E-state index is 12.0. The van der Waals surface area contributed by atoms with Crippen molar-refractivity contribution < 1.29 is 18.3 Å². The van der Waals surface area contributed by atoms with Gasteiger partial charge in [-0.1, -0.05) is 11.6 Å². The van der Waals surface area contributed by atoms with Gasteiger partial charge in [-0.25, -0.2) is 13.2 Å². The van der Waals surface area contributed by atoms with Gasteiger partial charge < -0.3 is 10.0 Å². The lowest BCUT2D eigenvalue weighted by molar-refractivity contribution is 0.0696. The zero-order valence-corrected chi connectivity index (χ0v) is 11.6. The minimum absolute atomic E-state index is 0.0405. The van der Waals surface area contributed by atoms with E-state index in [1.807, 2.05) is 0 Å². The van der Waals surface area contributed by atoms with Gasteiger partial charge in [0.25, 0.3) is 0 Å². The molecule has 0 atom stereocenters. The fourth-order valence-corrected chi connectivity index (χ4v) is 3.25. The number of sulfone groups is 1. The minimum atomic E-state index is -3.58. The van der Waals surface area contributed by atoms with Crippen LogP contribution in [-0.4, -0.2) is 50.8 Å². The molecule has 0 heterocycles. The number of carbonyl (C=O) groups is 1. The fraction of sp³-hybridized carbons (Fsp3) is 0.364. The summed E-state index contributed by atoms with van der Waals surface area (Å²) in [6.45, 7) is 0.343. The Hall–Kier alpha value is -1.11. The molecular formula is C11H14ClNO4S. The lowest BCUT2D eigenvalue weighted by Crippen LogP contribution is -2.22. The van der Waals surface area contributed by atoms with Crippen molar-refractivity contribution in [2.24, 2.45) is 0 Å². The van der Waals surface area contributed by atoms with Crippen LogP contribution in [0.25, 0.3) is 0 Å². The van der Waals surface area contributed by atoms with Crippen LogP contribution in [0.2, 0.25) is 5.02 Å². The third kappa shape index (κ3) is 3.69. The molecule has 0 aromatic heterocycles. The second kappa shape index (κ2) is 5.69. The van der Waals surface area contributed by atoms with E-state index in [9.17, 15) is 13.2 Å². The fourth-order valence-electron chi connectivity index (χ4n) is 1.29. The highest BCUT2D eigenvalue weighted by molar-refractivity contribution is 7.91. The number of aromatic carboxylic acids is 1. The molecule has 0 fully saturated rings. The Morgan fingerprint density at radius 3 is 2.50 bits per heavy atom. The van der Waals surface area contributed by atoms with Crippen LogP contribution in [0, 0.1) is 0 Å². The standard InChI is InChI=1S/C11H14ClNO4S/c1-13(2)5-6-18(16,17)10-7-8(11(14)15)3-4-9(10)12/h3-4,7H,5-6H2,1-2H3,(H,14,15). The molecule has 0 bridgehead atoms. The second-order valence-electron chi connectivity index (χ2n) is 4.07. The molecule has 0 saturated heterocycles. The Balaban J connectivity index is 3.15. The summed E-state index contributed by atoms with van der Waals surface area (Å²) >= 11 is 5.82. The van der Waals surface area contributed by atoms with E-state index in [1.54, 1.807) is 19.0 Å². The Labute approximate surface area is 111 Å². The molecular weight excluding hydrogens is 278 g/mol. The Morgan fingerprint density at radius 2 is 2.00 bits per heavy atom. The summed E-state index contributed by atoms with van der Waals surface area (Å²) in [5, 5.41) is 8.88. The summed E-state index contributed by atoms with van der Waals surface area (Å²) < 4.78 is 24.1. The normalized spacial score (nSPS) is 11.8. The molecule has 0 spiro atoms. The number of benzene rings is 1. The second-order valence-corrected chi connectivity index (χ2v) is 6.56. The van der Waals surface area contributed by atoms with E-state index in [4.69, 9.17) is 16.7 Å². The van der Waals surface area contributed by atoms with Gasteiger partial charge in [-0.15, -0.1) is 0 Å². The molecule has 7 heteroatoms. The molecule has 1 aromatic rings. The summed E-state index contributed by atoms with van der Waals surface area (Å²) in [4.78, 5) is 12.4. The lowest BCUT2D eigenvalue weighted by Gasteiger charge is -2.11. The number of nitrogens with zero attached hydrogens (tertiary/aromatic N) is 1.